The van der Waals surface area contributed by atoms with Gasteiger partial charge in [0.05, 0.1) is 0 Å². The lowest BCUT2D eigenvalue weighted by Gasteiger charge is -2.43. The highest BCUT2D eigenvalue weighted by Gasteiger charge is 2.28. The third kappa shape index (κ3) is 7.68. The first-order valence-corrected chi connectivity index (χ1v) is 14.4. The lowest BCUT2D eigenvalue weighted by Crippen LogP contribution is -2.51. The van der Waals surface area contributed by atoms with Crippen molar-refractivity contribution in [3.63, 3.8) is 0 Å². The maximum atomic E-state index is 13.5. The SMILES string of the molecule is C=C(OC(C)(C)C)N1CCN(Cc2ccc(N(C)C(=O)N3CCC(Nc4cccc(F)c4)CC3)cc2C)CC1C. The number of nitrogens with one attached hydrogen (secondary N) is 1. The molecule has 40 heavy (non-hydrogen) atoms. The van der Waals surface area contributed by atoms with E-state index < -0.39 is 0 Å². The van der Waals surface area contributed by atoms with E-state index in [9.17, 15) is 9.18 Å². The maximum Gasteiger partial charge on any atom is 0.324 e. The summed E-state index contributed by atoms with van der Waals surface area (Å²) in [5.41, 5.74) is 3.90. The fourth-order valence-electron chi connectivity index (χ4n) is 5.62. The monoisotopic (exact) mass is 551 g/mol. The normalized spacial score (nSPS) is 18.9. The van der Waals surface area contributed by atoms with Gasteiger partial charge in [-0.15, -0.1) is 0 Å². The largest absolute Gasteiger partial charge is 0.474 e. The van der Waals surface area contributed by atoms with Crippen LogP contribution in [0.1, 0.15) is 51.7 Å². The molecule has 2 amide bonds. The first kappa shape index (κ1) is 29.7. The number of nitrogens with zero attached hydrogens (tertiary/aromatic N) is 4. The molecule has 1 N–H and O–H groups in total. The molecule has 0 aromatic heterocycles. The number of benzene rings is 2. The van der Waals surface area contributed by atoms with Crippen molar-refractivity contribution in [1.29, 1.82) is 0 Å². The number of piperidine rings is 1. The molecule has 0 spiro atoms. The smallest absolute Gasteiger partial charge is 0.324 e. The predicted molar refractivity (Wildman–Crippen MR) is 161 cm³/mol. The number of hydrogen-bond donors (Lipinski definition) is 1. The average Bonchev–Trinajstić information content (AvgIpc) is 2.88. The molecule has 2 fully saturated rings. The van der Waals surface area contributed by atoms with E-state index in [1.54, 1.807) is 11.0 Å². The molecule has 0 bridgehead atoms. The molecule has 8 heteroatoms. The molecule has 2 aromatic carbocycles. The second kappa shape index (κ2) is 12.5. The summed E-state index contributed by atoms with van der Waals surface area (Å²) in [6.45, 7) is 19.7. The predicted octanol–water partition coefficient (Wildman–Crippen LogP) is 6.06. The van der Waals surface area contributed by atoms with Crippen molar-refractivity contribution in [3.8, 4) is 0 Å². The number of hydrogen-bond acceptors (Lipinski definition) is 5. The Kier molecular flexibility index (Phi) is 9.29. The number of carbonyl (C=O) groups is 1. The van der Waals surface area contributed by atoms with Crippen LogP contribution in [-0.4, -0.2) is 78.2 Å². The summed E-state index contributed by atoms with van der Waals surface area (Å²) in [5, 5.41) is 3.40. The second-order valence-corrected chi connectivity index (χ2v) is 12.3. The standard InChI is InChI=1S/C32H46FN5O2/c1-23-19-30(12-11-26(23)22-36-17-18-38(24(2)21-36)25(3)40-32(4,5)6)35(7)31(39)37-15-13-28(14-16-37)34-29-10-8-9-27(33)20-29/h8-12,19-20,24,28,34H,3,13-18,21-22H2,1-2,4-7H3. The number of amides is 2. The zero-order chi connectivity index (χ0) is 29.0. The van der Waals surface area contributed by atoms with Gasteiger partial charge in [0.2, 0.25) is 0 Å². The number of carbonyl (C=O) groups excluding carboxylic acids is 1. The van der Waals surface area contributed by atoms with Crippen molar-refractivity contribution in [1.82, 2.24) is 14.7 Å². The zero-order valence-corrected chi connectivity index (χ0v) is 25.0. The Morgan fingerprint density at radius 1 is 1.12 bits per heavy atom. The molecule has 2 aliphatic rings. The number of ether oxygens (including phenoxy) is 1. The van der Waals surface area contributed by atoms with E-state index in [2.05, 4.69) is 53.7 Å². The van der Waals surface area contributed by atoms with Gasteiger partial charge in [-0.25, -0.2) is 9.18 Å². The minimum absolute atomic E-state index is 0.0130. The van der Waals surface area contributed by atoms with Crippen LogP contribution in [0.4, 0.5) is 20.6 Å². The molecule has 0 saturated carbocycles. The van der Waals surface area contributed by atoms with Crippen molar-refractivity contribution >= 4 is 17.4 Å². The Labute approximate surface area is 239 Å². The molecule has 7 nitrogen and oxygen atoms in total. The van der Waals surface area contributed by atoms with Gasteiger partial charge in [0.15, 0.2) is 5.88 Å². The fourth-order valence-corrected chi connectivity index (χ4v) is 5.62. The van der Waals surface area contributed by atoms with Crippen molar-refractivity contribution in [2.24, 2.45) is 0 Å². The highest BCUT2D eigenvalue weighted by molar-refractivity contribution is 5.91. The maximum absolute atomic E-state index is 13.5. The van der Waals surface area contributed by atoms with Crippen molar-refractivity contribution in [3.05, 3.63) is 71.9 Å². The summed E-state index contributed by atoms with van der Waals surface area (Å²) in [4.78, 5) is 21.7. The first-order chi connectivity index (χ1) is 18.9. The lowest BCUT2D eigenvalue weighted by molar-refractivity contribution is -0.0262. The van der Waals surface area contributed by atoms with E-state index in [-0.39, 0.29) is 23.5 Å². The molecular formula is C32H46FN5O2. The summed E-state index contributed by atoms with van der Waals surface area (Å²) in [5.74, 6) is 0.505. The Balaban J connectivity index is 1.28. The Morgan fingerprint density at radius 3 is 2.48 bits per heavy atom. The average molecular weight is 552 g/mol. The van der Waals surface area contributed by atoms with Crippen molar-refractivity contribution in [2.45, 2.75) is 71.7 Å². The van der Waals surface area contributed by atoms with Crippen LogP contribution >= 0.6 is 0 Å². The molecule has 0 aliphatic carbocycles. The van der Waals surface area contributed by atoms with E-state index in [0.717, 1.165) is 56.3 Å². The summed E-state index contributed by atoms with van der Waals surface area (Å²) in [7, 11) is 1.85. The molecule has 218 valence electrons. The summed E-state index contributed by atoms with van der Waals surface area (Å²) < 4.78 is 19.5. The third-order valence-electron chi connectivity index (χ3n) is 7.81. The van der Waals surface area contributed by atoms with Gasteiger partial charge >= 0.3 is 6.03 Å². The molecule has 4 rings (SSSR count). The highest BCUT2D eigenvalue weighted by Crippen LogP contribution is 2.25. The van der Waals surface area contributed by atoms with Gasteiger partial charge in [-0.1, -0.05) is 12.1 Å². The van der Waals surface area contributed by atoms with Crippen molar-refractivity contribution < 1.29 is 13.9 Å². The quantitative estimate of drug-likeness (QED) is 0.424. The zero-order valence-electron chi connectivity index (χ0n) is 25.0. The van der Waals surface area contributed by atoms with Crippen LogP contribution in [0.25, 0.3) is 0 Å². The minimum atomic E-state index is -0.251. The number of piperazine rings is 1. The van der Waals surface area contributed by atoms with Crippen LogP contribution in [0.2, 0.25) is 0 Å². The number of aryl methyl sites for hydroxylation is 1. The molecule has 2 saturated heterocycles. The van der Waals surface area contributed by atoms with Gasteiger partial charge in [-0.05, 0) is 95.5 Å². The number of likely N-dealkylation sites (tertiary alicyclic amines) is 1. The van der Waals surface area contributed by atoms with Crippen molar-refractivity contribution in [2.75, 3.05) is 50.0 Å². The van der Waals surface area contributed by atoms with E-state index in [0.29, 0.717) is 19.1 Å². The molecule has 0 radical (unpaired) electrons. The Morgan fingerprint density at radius 2 is 1.85 bits per heavy atom. The van der Waals surface area contributed by atoms with E-state index >= 15 is 0 Å². The minimum Gasteiger partial charge on any atom is -0.474 e. The number of halogens is 1. The van der Waals surface area contributed by atoms with Crippen LogP contribution in [0.15, 0.2) is 54.9 Å². The molecular weight excluding hydrogens is 505 g/mol. The fraction of sp³-hybridized carbons (Fsp3) is 0.531. The van der Waals surface area contributed by atoms with Gasteiger partial charge in [0.25, 0.3) is 0 Å². The number of rotatable bonds is 7. The van der Waals surface area contributed by atoms with Gasteiger partial charge in [0.1, 0.15) is 11.4 Å². The second-order valence-electron chi connectivity index (χ2n) is 12.3. The van der Waals surface area contributed by atoms with E-state index in [1.807, 2.05) is 38.8 Å². The Bertz CT molecular complexity index is 1190. The first-order valence-electron chi connectivity index (χ1n) is 14.4. The van der Waals surface area contributed by atoms with Gasteiger partial charge in [-0.3, -0.25) is 9.80 Å². The lowest BCUT2D eigenvalue weighted by atomic mass is 10.0. The topological polar surface area (TPSA) is 51.3 Å². The summed E-state index contributed by atoms with van der Waals surface area (Å²) in [6.07, 6.45) is 1.66. The Hall–Kier alpha value is -3.26. The van der Waals surface area contributed by atoms with Gasteiger partial charge in [0, 0.05) is 69.8 Å². The number of anilines is 2. The van der Waals surface area contributed by atoms with Crippen LogP contribution in [0, 0.1) is 12.7 Å². The van der Waals surface area contributed by atoms with Crippen LogP contribution in [0.5, 0.6) is 0 Å². The van der Waals surface area contributed by atoms with Gasteiger partial charge < -0.3 is 19.9 Å². The molecule has 1 unspecified atom stereocenters. The number of urea groups is 1. The van der Waals surface area contributed by atoms with Crippen LogP contribution in [0.3, 0.4) is 0 Å². The van der Waals surface area contributed by atoms with Gasteiger partial charge in [-0.2, -0.15) is 0 Å². The summed E-state index contributed by atoms with van der Waals surface area (Å²) in [6, 6.07) is 13.4. The molecule has 2 aliphatic heterocycles. The molecule has 2 aromatic rings. The molecule has 2 heterocycles. The van der Waals surface area contributed by atoms with Crippen LogP contribution in [-0.2, 0) is 11.3 Å². The highest BCUT2D eigenvalue weighted by atomic mass is 19.1. The third-order valence-corrected chi connectivity index (χ3v) is 7.81. The molecule has 1 atom stereocenters. The van der Waals surface area contributed by atoms with Crippen LogP contribution < -0.4 is 10.2 Å². The summed E-state index contributed by atoms with van der Waals surface area (Å²) >= 11 is 0. The van der Waals surface area contributed by atoms with E-state index in [1.165, 1.54) is 23.3 Å². The van der Waals surface area contributed by atoms with E-state index in [4.69, 9.17) is 4.74 Å².